The molecular weight excluding hydrogens is 310 g/mol. The number of thiophene rings is 1. The molecule has 0 spiro atoms. The molecule has 5 rings (SSSR count). The van der Waals surface area contributed by atoms with Crippen LogP contribution >= 0.6 is 11.3 Å². The van der Waals surface area contributed by atoms with Crippen LogP contribution in [-0.4, -0.2) is 11.8 Å². The highest BCUT2D eigenvalue weighted by atomic mass is 32.1. The molecule has 0 saturated heterocycles. The van der Waals surface area contributed by atoms with E-state index in [0.29, 0.717) is 16.9 Å². The van der Waals surface area contributed by atoms with Crippen molar-refractivity contribution in [2.75, 3.05) is 6.79 Å². The van der Waals surface area contributed by atoms with E-state index >= 15 is 0 Å². The van der Waals surface area contributed by atoms with Crippen LogP contribution in [-0.2, 0) is 0 Å². The van der Waals surface area contributed by atoms with Crippen molar-refractivity contribution in [3.05, 3.63) is 58.8 Å². The number of hydrogen-bond acceptors (Lipinski definition) is 4. The van der Waals surface area contributed by atoms with Gasteiger partial charge in [-0.05, 0) is 23.6 Å². The van der Waals surface area contributed by atoms with Gasteiger partial charge in [0.2, 0.25) is 6.79 Å². The average Bonchev–Trinajstić information content (AvgIpc) is 3.19. The number of H-pyrrole nitrogens is 1. The lowest BCUT2D eigenvalue weighted by atomic mass is 10.1. The Bertz CT molecular complexity index is 1090. The maximum Gasteiger partial charge on any atom is 0.231 e. The van der Waals surface area contributed by atoms with E-state index in [4.69, 9.17) is 9.47 Å². The molecule has 0 unspecified atom stereocenters. The summed E-state index contributed by atoms with van der Waals surface area (Å²) in [6, 6.07) is 15.5. The minimum Gasteiger partial charge on any atom is -0.454 e. The van der Waals surface area contributed by atoms with E-state index in [-0.39, 0.29) is 12.2 Å². The predicted octanol–water partition coefficient (Wildman–Crippen LogP) is 4.14. The van der Waals surface area contributed by atoms with Gasteiger partial charge in [-0.1, -0.05) is 18.2 Å². The Balaban J connectivity index is 1.75. The summed E-state index contributed by atoms with van der Waals surface area (Å²) in [5.74, 6) is 1.29. The first kappa shape index (κ1) is 12.7. The monoisotopic (exact) mass is 321 g/mol. The molecule has 0 bridgehead atoms. The second-order valence-electron chi connectivity index (χ2n) is 5.45. The first-order valence-corrected chi connectivity index (χ1v) is 8.05. The topological polar surface area (TPSA) is 51.3 Å². The molecule has 0 fully saturated rings. The zero-order valence-electron chi connectivity index (χ0n) is 12.0. The first-order valence-electron chi connectivity index (χ1n) is 7.23. The molecule has 4 nitrogen and oxygen atoms in total. The van der Waals surface area contributed by atoms with E-state index in [0.717, 1.165) is 16.1 Å². The Hall–Kier alpha value is -2.79. The lowest BCUT2D eigenvalue weighted by Crippen LogP contribution is -2.02. The zero-order chi connectivity index (χ0) is 15.4. The van der Waals surface area contributed by atoms with Gasteiger partial charge in [-0.2, -0.15) is 0 Å². The summed E-state index contributed by atoms with van der Waals surface area (Å²) in [6.07, 6.45) is 0. The number of ether oxygens (including phenoxy) is 2. The van der Waals surface area contributed by atoms with Gasteiger partial charge in [0.15, 0.2) is 16.9 Å². The Morgan fingerprint density at radius 3 is 2.70 bits per heavy atom. The van der Waals surface area contributed by atoms with E-state index in [1.165, 1.54) is 10.1 Å². The van der Waals surface area contributed by atoms with Crippen LogP contribution in [0.4, 0.5) is 0 Å². The van der Waals surface area contributed by atoms with E-state index in [2.05, 4.69) is 23.2 Å². The second-order valence-corrected chi connectivity index (χ2v) is 6.53. The summed E-state index contributed by atoms with van der Waals surface area (Å²) in [4.78, 5) is 16.9. The molecule has 2 aromatic carbocycles. The van der Waals surface area contributed by atoms with E-state index in [9.17, 15) is 4.79 Å². The predicted molar refractivity (Wildman–Crippen MR) is 91.5 cm³/mol. The Morgan fingerprint density at radius 1 is 1.00 bits per heavy atom. The summed E-state index contributed by atoms with van der Waals surface area (Å²) in [6.45, 7) is 0.197. The minimum absolute atomic E-state index is 0.0236. The average molecular weight is 321 g/mol. The Labute approximate surface area is 134 Å². The lowest BCUT2D eigenvalue weighted by molar-refractivity contribution is 0.174. The molecule has 0 atom stereocenters. The van der Waals surface area contributed by atoms with Crippen LogP contribution < -0.4 is 14.9 Å². The maximum absolute atomic E-state index is 12.5. The summed E-state index contributed by atoms with van der Waals surface area (Å²) >= 11 is 1.67. The lowest BCUT2D eigenvalue weighted by Gasteiger charge is -2.04. The summed E-state index contributed by atoms with van der Waals surface area (Å²) in [5, 5.41) is 1.79. The van der Waals surface area contributed by atoms with Gasteiger partial charge in [-0.25, -0.2) is 0 Å². The summed E-state index contributed by atoms with van der Waals surface area (Å²) in [5.41, 5.74) is 1.56. The summed E-state index contributed by atoms with van der Waals surface area (Å²) < 4.78 is 11.9. The van der Waals surface area contributed by atoms with Crippen molar-refractivity contribution in [2.24, 2.45) is 0 Å². The smallest absolute Gasteiger partial charge is 0.231 e. The number of fused-ring (bicyclic) bond motifs is 3. The van der Waals surface area contributed by atoms with Gasteiger partial charge in [0.1, 0.15) is 0 Å². The molecule has 4 aromatic rings. The van der Waals surface area contributed by atoms with Crippen molar-refractivity contribution in [1.29, 1.82) is 0 Å². The van der Waals surface area contributed by atoms with Crippen molar-refractivity contribution < 1.29 is 9.47 Å². The first-order chi connectivity index (χ1) is 11.3. The third kappa shape index (κ3) is 1.94. The molecule has 0 saturated carbocycles. The molecule has 1 aliphatic heterocycles. The highest BCUT2D eigenvalue weighted by Crippen LogP contribution is 2.36. The van der Waals surface area contributed by atoms with Crippen LogP contribution in [0.2, 0.25) is 0 Å². The SMILES string of the molecule is O=c1cc(-c2cc3ccccc3s2)[nH]c2cc3c(cc12)OCO3. The minimum atomic E-state index is -0.0236. The molecular formula is C18H11NO3S. The van der Waals surface area contributed by atoms with Crippen LogP contribution in [0.25, 0.3) is 31.6 Å². The number of aromatic amines is 1. The number of aromatic nitrogens is 1. The van der Waals surface area contributed by atoms with Gasteiger partial charge in [0.05, 0.1) is 16.1 Å². The third-order valence-electron chi connectivity index (χ3n) is 4.01. The largest absolute Gasteiger partial charge is 0.454 e. The fourth-order valence-corrected chi connectivity index (χ4v) is 3.92. The normalized spacial score (nSPS) is 13.0. The fourth-order valence-electron chi connectivity index (χ4n) is 2.89. The standard InChI is InChI=1S/C18H11NO3S/c20-14-7-13(18-5-10-3-1-2-4-17(10)23-18)19-12-8-16-15(6-11(12)14)21-9-22-16/h1-8H,9H2,(H,19,20). The van der Waals surface area contributed by atoms with Crippen molar-refractivity contribution in [1.82, 2.24) is 4.98 Å². The molecule has 0 aliphatic carbocycles. The number of pyridine rings is 1. The van der Waals surface area contributed by atoms with Crippen LogP contribution in [0.5, 0.6) is 11.5 Å². The molecule has 1 N–H and O–H groups in total. The molecule has 0 radical (unpaired) electrons. The highest BCUT2D eigenvalue weighted by molar-refractivity contribution is 7.22. The van der Waals surface area contributed by atoms with Gasteiger partial charge < -0.3 is 14.5 Å². The highest BCUT2D eigenvalue weighted by Gasteiger charge is 2.16. The number of benzene rings is 2. The van der Waals surface area contributed by atoms with E-state index in [1.54, 1.807) is 23.5 Å². The molecule has 0 amide bonds. The number of hydrogen-bond donors (Lipinski definition) is 1. The van der Waals surface area contributed by atoms with Crippen LogP contribution in [0.1, 0.15) is 0 Å². The quantitative estimate of drug-likeness (QED) is 0.573. The van der Waals surface area contributed by atoms with Crippen molar-refractivity contribution in [3.8, 4) is 22.1 Å². The fraction of sp³-hybridized carbons (Fsp3) is 0.0556. The zero-order valence-corrected chi connectivity index (χ0v) is 12.8. The third-order valence-corrected chi connectivity index (χ3v) is 5.16. The molecule has 3 heterocycles. The van der Waals surface area contributed by atoms with Gasteiger partial charge in [0, 0.05) is 22.2 Å². The van der Waals surface area contributed by atoms with Crippen LogP contribution in [0.3, 0.4) is 0 Å². The maximum atomic E-state index is 12.5. The van der Waals surface area contributed by atoms with Gasteiger partial charge in [-0.3, -0.25) is 4.79 Å². The van der Waals surface area contributed by atoms with Crippen molar-refractivity contribution in [2.45, 2.75) is 0 Å². The molecule has 1 aliphatic rings. The number of rotatable bonds is 1. The molecule has 112 valence electrons. The Kier molecular flexibility index (Phi) is 2.55. The van der Waals surface area contributed by atoms with Crippen molar-refractivity contribution in [3.63, 3.8) is 0 Å². The summed E-state index contributed by atoms with van der Waals surface area (Å²) in [7, 11) is 0. The molecule has 2 aromatic heterocycles. The van der Waals surface area contributed by atoms with E-state index < -0.39 is 0 Å². The van der Waals surface area contributed by atoms with Crippen LogP contribution in [0.15, 0.2) is 53.3 Å². The van der Waals surface area contributed by atoms with Gasteiger partial charge >= 0.3 is 0 Å². The Morgan fingerprint density at radius 2 is 1.83 bits per heavy atom. The number of nitrogens with one attached hydrogen (secondary N) is 1. The molecule has 5 heteroatoms. The molecule has 23 heavy (non-hydrogen) atoms. The second kappa shape index (κ2) is 4.60. The van der Waals surface area contributed by atoms with Gasteiger partial charge in [0.25, 0.3) is 0 Å². The van der Waals surface area contributed by atoms with E-state index in [1.807, 2.05) is 18.2 Å². The van der Waals surface area contributed by atoms with Gasteiger partial charge in [-0.15, -0.1) is 11.3 Å². The van der Waals surface area contributed by atoms with Crippen LogP contribution in [0, 0.1) is 0 Å². The van der Waals surface area contributed by atoms with Crippen molar-refractivity contribution >= 4 is 32.3 Å².